The Morgan fingerprint density at radius 1 is 1.29 bits per heavy atom. The maximum Gasteiger partial charge on any atom is 0.416 e. The molecule has 132 valence electrons. The van der Waals surface area contributed by atoms with Gasteiger partial charge in [0.25, 0.3) is 0 Å². The number of hydrogen-bond donors (Lipinski definition) is 1. The molecular weight excluding hydrogens is 321 g/mol. The summed E-state index contributed by atoms with van der Waals surface area (Å²) in [7, 11) is 1.71. The van der Waals surface area contributed by atoms with Crippen molar-refractivity contribution in [1.82, 2.24) is 4.90 Å². The van der Waals surface area contributed by atoms with E-state index in [1.165, 1.54) is 12.1 Å². The molecule has 2 atom stereocenters. The zero-order valence-electron chi connectivity index (χ0n) is 13.7. The van der Waals surface area contributed by atoms with E-state index >= 15 is 0 Å². The van der Waals surface area contributed by atoms with E-state index in [2.05, 4.69) is 5.32 Å². The highest BCUT2D eigenvalue weighted by Gasteiger charge is 2.49. The average Bonchev–Trinajstić information content (AvgIpc) is 3.32. The summed E-state index contributed by atoms with van der Waals surface area (Å²) in [4.78, 5) is 25.9. The number of halogens is 3. The van der Waals surface area contributed by atoms with Gasteiger partial charge in [-0.2, -0.15) is 13.2 Å². The highest BCUT2D eigenvalue weighted by Crippen LogP contribution is 2.41. The SMILES string of the molecule is CCCCN(C)C(=O)C1CC1C(=O)Nc1cccc(C(F)(F)F)c1. The normalized spacial score (nSPS) is 19.7. The molecule has 2 amide bonds. The Bertz CT molecular complexity index is 616. The number of carbonyl (C=O) groups excluding carboxylic acids is 2. The largest absolute Gasteiger partial charge is 0.416 e. The fraction of sp³-hybridized carbons (Fsp3) is 0.529. The lowest BCUT2D eigenvalue weighted by atomic mass is 10.2. The van der Waals surface area contributed by atoms with Crippen molar-refractivity contribution in [3.8, 4) is 0 Å². The van der Waals surface area contributed by atoms with Gasteiger partial charge < -0.3 is 10.2 Å². The van der Waals surface area contributed by atoms with Crippen LogP contribution in [0.5, 0.6) is 0 Å². The molecule has 0 bridgehead atoms. The molecule has 24 heavy (non-hydrogen) atoms. The first-order chi connectivity index (χ1) is 11.2. The van der Waals surface area contributed by atoms with Gasteiger partial charge in [0.2, 0.25) is 11.8 Å². The Balaban J connectivity index is 1.92. The number of rotatable bonds is 6. The molecule has 0 aromatic heterocycles. The van der Waals surface area contributed by atoms with E-state index in [0.29, 0.717) is 13.0 Å². The molecule has 1 aliphatic carbocycles. The van der Waals surface area contributed by atoms with Crippen molar-refractivity contribution in [3.63, 3.8) is 0 Å². The molecule has 1 saturated carbocycles. The molecule has 0 aliphatic heterocycles. The van der Waals surface area contributed by atoms with Crippen LogP contribution >= 0.6 is 0 Å². The fourth-order valence-corrected chi connectivity index (χ4v) is 2.55. The number of anilines is 1. The molecule has 0 spiro atoms. The Morgan fingerprint density at radius 2 is 2.00 bits per heavy atom. The van der Waals surface area contributed by atoms with Gasteiger partial charge in [-0.05, 0) is 31.0 Å². The van der Waals surface area contributed by atoms with Crippen molar-refractivity contribution in [3.05, 3.63) is 29.8 Å². The van der Waals surface area contributed by atoms with Crippen molar-refractivity contribution in [2.45, 2.75) is 32.4 Å². The van der Waals surface area contributed by atoms with Gasteiger partial charge in [-0.1, -0.05) is 19.4 Å². The molecule has 2 unspecified atom stereocenters. The van der Waals surface area contributed by atoms with Gasteiger partial charge in [0.05, 0.1) is 17.4 Å². The second kappa shape index (κ2) is 7.23. The van der Waals surface area contributed by atoms with Crippen molar-refractivity contribution in [1.29, 1.82) is 0 Å². The predicted octanol–water partition coefficient (Wildman–Crippen LogP) is 3.54. The van der Waals surface area contributed by atoms with Crippen molar-refractivity contribution in [2.24, 2.45) is 11.8 Å². The first kappa shape index (κ1) is 18.3. The molecular formula is C17H21F3N2O2. The quantitative estimate of drug-likeness (QED) is 0.860. The molecule has 1 aromatic rings. The first-order valence-electron chi connectivity index (χ1n) is 7.97. The Kier molecular flexibility index (Phi) is 5.51. The number of alkyl halides is 3. The first-order valence-corrected chi connectivity index (χ1v) is 7.97. The van der Waals surface area contributed by atoms with Gasteiger partial charge in [-0.15, -0.1) is 0 Å². The number of carbonyl (C=O) groups is 2. The zero-order chi connectivity index (χ0) is 17.9. The van der Waals surface area contributed by atoms with Crippen molar-refractivity contribution in [2.75, 3.05) is 18.9 Å². The standard InChI is InChI=1S/C17H21F3N2O2/c1-3-4-8-22(2)16(24)14-10-13(14)15(23)21-12-7-5-6-11(9-12)17(18,19)20/h5-7,9,13-14H,3-4,8,10H2,1-2H3,(H,21,23). The van der Waals surface area contributed by atoms with E-state index in [0.717, 1.165) is 25.0 Å². The summed E-state index contributed by atoms with van der Waals surface area (Å²) in [6.45, 7) is 2.68. The third kappa shape index (κ3) is 4.49. The summed E-state index contributed by atoms with van der Waals surface area (Å²) >= 11 is 0. The van der Waals surface area contributed by atoms with Gasteiger partial charge in [-0.3, -0.25) is 9.59 Å². The van der Waals surface area contributed by atoms with E-state index in [9.17, 15) is 22.8 Å². The topological polar surface area (TPSA) is 49.4 Å². The molecule has 1 aromatic carbocycles. The molecule has 0 heterocycles. The van der Waals surface area contributed by atoms with Crippen LogP contribution in [0.4, 0.5) is 18.9 Å². The van der Waals surface area contributed by atoms with Crippen LogP contribution < -0.4 is 5.32 Å². The lowest BCUT2D eigenvalue weighted by Crippen LogP contribution is -2.30. The molecule has 1 N–H and O–H groups in total. The summed E-state index contributed by atoms with van der Waals surface area (Å²) in [6, 6.07) is 4.48. The highest BCUT2D eigenvalue weighted by atomic mass is 19.4. The van der Waals surface area contributed by atoms with Crippen LogP contribution in [0.25, 0.3) is 0 Å². The van der Waals surface area contributed by atoms with Crippen molar-refractivity contribution >= 4 is 17.5 Å². The highest BCUT2D eigenvalue weighted by molar-refractivity contribution is 5.99. The van der Waals surface area contributed by atoms with Crippen LogP contribution in [-0.2, 0) is 15.8 Å². The second-order valence-corrected chi connectivity index (χ2v) is 6.13. The van der Waals surface area contributed by atoms with Crippen LogP contribution in [0.2, 0.25) is 0 Å². The minimum Gasteiger partial charge on any atom is -0.346 e. The van der Waals surface area contributed by atoms with Gasteiger partial charge in [0.1, 0.15) is 0 Å². The van der Waals surface area contributed by atoms with E-state index in [-0.39, 0.29) is 17.5 Å². The van der Waals surface area contributed by atoms with Crippen LogP contribution in [0.15, 0.2) is 24.3 Å². The number of unbranched alkanes of at least 4 members (excludes halogenated alkanes) is 1. The third-order valence-electron chi connectivity index (χ3n) is 4.13. The minimum atomic E-state index is -4.46. The maximum atomic E-state index is 12.7. The van der Waals surface area contributed by atoms with Crippen LogP contribution in [-0.4, -0.2) is 30.3 Å². The summed E-state index contributed by atoms with van der Waals surface area (Å²) < 4.78 is 38.0. The number of amides is 2. The van der Waals surface area contributed by atoms with Gasteiger partial charge in [0, 0.05) is 19.3 Å². The van der Waals surface area contributed by atoms with Crippen LogP contribution in [0.1, 0.15) is 31.7 Å². The van der Waals surface area contributed by atoms with E-state index in [1.54, 1.807) is 11.9 Å². The number of hydrogen-bond acceptors (Lipinski definition) is 2. The smallest absolute Gasteiger partial charge is 0.346 e. The minimum absolute atomic E-state index is 0.0763. The molecule has 1 aliphatic rings. The summed E-state index contributed by atoms with van der Waals surface area (Å²) in [5, 5.41) is 2.47. The predicted molar refractivity (Wildman–Crippen MR) is 84.2 cm³/mol. The molecule has 2 rings (SSSR count). The Morgan fingerprint density at radius 3 is 2.62 bits per heavy atom. The van der Waals surface area contributed by atoms with E-state index in [4.69, 9.17) is 0 Å². The Hall–Kier alpha value is -2.05. The van der Waals surface area contributed by atoms with Crippen molar-refractivity contribution < 1.29 is 22.8 Å². The number of nitrogens with zero attached hydrogens (tertiary/aromatic N) is 1. The third-order valence-corrected chi connectivity index (χ3v) is 4.13. The van der Waals surface area contributed by atoms with Crippen LogP contribution in [0, 0.1) is 11.8 Å². The molecule has 0 radical (unpaired) electrons. The number of benzene rings is 1. The van der Waals surface area contributed by atoms with E-state index < -0.39 is 23.6 Å². The maximum absolute atomic E-state index is 12.7. The van der Waals surface area contributed by atoms with E-state index in [1.807, 2.05) is 6.92 Å². The summed E-state index contributed by atoms with van der Waals surface area (Å²) in [6.07, 6.45) is -2.14. The number of nitrogens with one attached hydrogen (secondary N) is 1. The zero-order valence-corrected chi connectivity index (χ0v) is 13.7. The Labute approximate surface area is 139 Å². The van der Waals surface area contributed by atoms with Gasteiger partial charge in [0.15, 0.2) is 0 Å². The average molecular weight is 342 g/mol. The van der Waals surface area contributed by atoms with Gasteiger partial charge >= 0.3 is 6.18 Å². The lowest BCUT2D eigenvalue weighted by Gasteiger charge is -2.16. The fourth-order valence-electron chi connectivity index (χ4n) is 2.55. The molecule has 4 nitrogen and oxygen atoms in total. The summed E-state index contributed by atoms with van der Waals surface area (Å²) in [5.41, 5.74) is -0.727. The molecule has 1 fully saturated rings. The second-order valence-electron chi connectivity index (χ2n) is 6.13. The molecule has 0 saturated heterocycles. The van der Waals surface area contributed by atoms with Crippen LogP contribution in [0.3, 0.4) is 0 Å². The monoisotopic (exact) mass is 342 g/mol. The summed E-state index contributed by atoms with van der Waals surface area (Å²) in [5.74, 6) is -1.31. The lowest BCUT2D eigenvalue weighted by molar-refractivity contribution is -0.137. The van der Waals surface area contributed by atoms with Gasteiger partial charge in [-0.25, -0.2) is 0 Å². The molecule has 7 heteroatoms.